The molecule has 0 aliphatic carbocycles. The van der Waals surface area contributed by atoms with E-state index in [1.54, 1.807) is 4.90 Å². The van der Waals surface area contributed by atoms with Gasteiger partial charge in [-0.1, -0.05) is 6.07 Å². The van der Waals surface area contributed by atoms with Gasteiger partial charge in [0.1, 0.15) is 5.82 Å². The minimum atomic E-state index is -0.718. The van der Waals surface area contributed by atoms with Gasteiger partial charge in [0, 0.05) is 50.4 Å². The van der Waals surface area contributed by atoms with Crippen molar-refractivity contribution >= 4 is 16.9 Å². The van der Waals surface area contributed by atoms with E-state index in [9.17, 15) is 13.6 Å². The summed E-state index contributed by atoms with van der Waals surface area (Å²) in [6.45, 7) is 1.85. The molecule has 1 aliphatic rings. The number of ether oxygens (including phenoxy) is 1. The number of carbonyl (C=O) groups excluding carboxylic acids is 1. The summed E-state index contributed by atoms with van der Waals surface area (Å²) < 4.78 is 33.9. The van der Waals surface area contributed by atoms with E-state index < -0.39 is 11.6 Å². The molecule has 0 saturated carbocycles. The van der Waals surface area contributed by atoms with Crippen LogP contribution in [0.25, 0.3) is 10.9 Å². The van der Waals surface area contributed by atoms with Gasteiger partial charge in [0.25, 0.3) is 0 Å². The third-order valence-electron chi connectivity index (χ3n) is 5.01. The second kappa shape index (κ2) is 7.50. The molecule has 2 heterocycles. The summed E-state index contributed by atoms with van der Waals surface area (Å²) in [5.41, 5.74) is 2.19. The number of aryl methyl sites for hydroxylation is 1. The molecule has 1 saturated heterocycles. The maximum atomic E-state index is 13.5. The number of amides is 2. The summed E-state index contributed by atoms with van der Waals surface area (Å²) in [5, 5.41) is 4.06. The number of benzene rings is 2. The zero-order chi connectivity index (χ0) is 19.7. The van der Waals surface area contributed by atoms with Crippen molar-refractivity contribution in [2.24, 2.45) is 13.0 Å². The zero-order valence-electron chi connectivity index (χ0n) is 15.5. The van der Waals surface area contributed by atoms with E-state index >= 15 is 0 Å². The Morgan fingerprint density at radius 1 is 1.18 bits per heavy atom. The molecule has 0 bridgehead atoms. The number of halogens is 2. The number of hydrogen-bond acceptors (Lipinski definition) is 2. The Morgan fingerprint density at radius 2 is 2.00 bits per heavy atom. The molecule has 1 fully saturated rings. The van der Waals surface area contributed by atoms with Crippen molar-refractivity contribution in [3.05, 3.63) is 65.9 Å². The summed E-state index contributed by atoms with van der Waals surface area (Å²) >= 11 is 0. The van der Waals surface area contributed by atoms with Crippen LogP contribution in [0, 0.1) is 17.6 Å². The predicted octanol–water partition coefficient (Wildman–Crippen LogP) is 3.68. The lowest BCUT2D eigenvalue weighted by atomic mass is 10.0. The lowest BCUT2D eigenvalue weighted by Crippen LogP contribution is -2.55. The average molecular weight is 385 g/mol. The Kier molecular flexibility index (Phi) is 4.90. The van der Waals surface area contributed by atoms with Crippen LogP contribution in [0.5, 0.6) is 5.75 Å². The summed E-state index contributed by atoms with van der Waals surface area (Å²) in [6, 6.07) is 11.3. The standard InChI is InChI=1S/C21H21F2N3O2/c1-25-7-6-16-8-14(2-4-19(16)25)10-24-21(27)26-11-15(12-26)13-28-20-5-3-17(22)9-18(20)23/h2-9,15H,10-13H2,1H3,(H,24,27). The lowest BCUT2D eigenvalue weighted by molar-refractivity contribution is 0.0840. The maximum Gasteiger partial charge on any atom is 0.317 e. The van der Waals surface area contributed by atoms with E-state index in [0.29, 0.717) is 19.6 Å². The van der Waals surface area contributed by atoms with Crippen molar-refractivity contribution in [3.63, 3.8) is 0 Å². The number of likely N-dealkylation sites (tertiary alicyclic amines) is 1. The molecular formula is C21H21F2N3O2. The van der Waals surface area contributed by atoms with E-state index in [4.69, 9.17) is 4.74 Å². The largest absolute Gasteiger partial charge is 0.490 e. The van der Waals surface area contributed by atoms with Gasteiger partial charge in [0.2, 0.25) is 0 Å². The van der Waals surface area contributed by atoms with Gasteiger partial charge >= 0.3 is 6.03 Å². The smallest absolute Gasteiger partial charge is 0.317 e. The molecule has 3 aromatic rings. The molecule has 2 amide bonds. The van der Waals surface area contributed by atoms with Crippen molar-refractivity contribution in [2.75, 3.05) is 19.7 Å². The third kappa shape index (κ3) is 3.78. The minimum absolute atomic E-state index is 0.0283. The number of rotatable bonds is 5. The van der Waals surface area contributed by atoms with Crippen LogP contribution >= 0.6 is 0 Å². The molecular weight excluding hydrogens is 364 g/mol. The topological polar surface area (TPSA) is 46.5 Å². The SMILES string of the molecule is Cn1ccc2cc(CNC(=O)N3CC(COc4ccc(F)cc4F)C3)ccc21. The first-order chi connectivity index (χ1) is 13.5. The van der Waals surface area contributed by atoms with Crippen LogP contribution in [-0.2, 0) is 13.6 Å². The molecule has 146 valence electrons. The Morgan fingerprint density at radius 3 is 2.79 bits per heavy atom. The van der Waals surface area contributed by atoms with Crippen molar-refractivity contribution < 1.29 is 18.3 Å². The van der Waals surface area contributed by atoms with Crippen molar-refractivity contribution in [1.29, 1.82) is 0 Å². The second-order valence-corrected chi connectivity index (χ2v) is 7.14. The number of carbonyl (C=O) groups is 1. The fourth-order valence-corrected chi connectivity index (χ4v) is 3.37. The van der Waals surface area contributed by atoms with Crippen molar-refractivity contribution in [1.82, 2.24) is 14.8 Å². The van der Waals surface area contributed by atoms with Gasteiger partial charge in [-0.2, -0.15) is 0 Å². The number of urea groups is 1. The Bertz CT molecular complexity index is 1010. The van der Waals surface area contributed by atoms with E-state index in [2.05, 4.69) is 16.0 Å². The van der Waals surface area contributed by atoms with Crippen LogP contribution < -0.4 is 10.1 Å². The monoisotopic (exact) mass is 385 g/mol. The first kappa shape index (κ1) is 18.3. The molecule has 2 aromatic carbocycles. The first-order valence-corrected chi connectivity index (χ1v) is 9.14. The Labute approximate surface area is 161 Å². The quantitative estimate of drug-likeness (QED) is 0.728. The summed E-state index contributed by atoms with van der Waals surface area (Å²) in [4.78, 5) is 13.9. The normalized spacial score (nSPS) is 14.2. The molecule has 0 spiro atoms. The average Bonchev–Trinajstić information content (AvgIpc) is 3.00. The molecule has 5 nitrogen and oxygen atoms in total. The van der Waals surface area contributed by atoms with Crippen LogP contribution in [0.15, 0.2) is 48.7 Å². The number of nitrogens with one attached hydrogen (secondary N) is 1. The van der Waals surface area contributed by atoms with Crippen molar-refractivity contribution in [3.8, 4) is 5.75 Å². The highest BCUT2D eigenvalue weighted by atomic mass is 19.1. The summed E-state index contributed by atoms with van der Waals surface area (Å²) in [7, 11) is 2.00. The van der Waals surface area contributed by atoms with Crippen LogP contribution in [0.4, 0.5) is 13.6 Å². The van der Waals surface area contributed by atoms with Gasteiger partial charge in [-0.05, 0) is 41.3 Å². The van der Waals surface area contributed by atoms with Crippen LogP contribution in [0.3, 0.4) is 0 Å². The van der Waals surface area contributed by atoms with E-state index in [1.165, 1.54) is 6.07 Å². The van der Waals surface area contributed by atoms with Crippen LogP contribution in [0.1, 0.15) is 5.56 Å². The van der Waals surface area contributed by atoms with E-state index in [0.717, 1.165) is 28.6 Å². The molecule has 28 heavy (non-hydrogen) atoms. The molecule has 1 aromatic heterocycles. The molecule has 1 aliphatic heterocycles. The maximum absolute atomic E-state index is 13.5. The fraction of sp³-hybridized carbons (Fsp3) is 0.286. The zero-order valence-corrected chi connectivity index (χ0v) is 15.5. The van der Waals surface area contributed by atoms with Crippen molar-refractivity contribution in [2.45, 2.75) is 6.54 Å². The van der Waals surface area contributed by atoms with Crippen LogP contribution in [0.2, 0.25) is 0 Å². The van der Waals surface area contributed by atoms with Gasteiger partial charge in [-0.15, -0.1) is 0 Å². The molecule has 0 atom stereocenters. The number of aromatic nitrogens is 1. The third-order valence-corrected chi connectivity index (χ3v) is 5.01. The van der Waals surface area contributed by atoms with E-state index in [1.807, 2.05) is 31.4 Å². The minimum Gasteiger partial charge on any atom is -0.490 e. The highest BCUT2D eigenvalue weighted by Crippen LogP contribution is 2.22. The molecule has 0 radical (unpaired) electrons. The highest BCUT2D eigenvalue weighted by Gasteiger charge is 2.31. The summed E-state index contributed by atoms with van der Waals surface area (Å²) in [6.07, 6.45) is 2.01. The van der Waals surface area contributed by atoms with Gasteiger partial charge in [-0.3, -0.25) is 0 Å². The van der Waals surface area contributed by atoms with Crippen LogP contribution in [-0.4, -0.2) is 35.2 Å². The summed E-state index contributed by atoms with van der Waals surface area (Å²) in [5.74, 6) is -1.19. The highest BCUT2D eigenvalue weighted by molar-refractivity contribution is 5.81. The number of nitrogens with zero attached hydrogens (tertiary/aromatic N) is 2. The van der Waals surface area contributed by atoms with Gasteiger partial charge in [0.05, 0.1) is 6.61 Å². The number of hydrogen-bond donors (Lipinski definition) is 1. The van der Waals surface area contributed by atoms with E-state index in [-0.39, 0.29) is 24.3 Å². The Balaban J connectivity index is 1.22. The fourth-order valence-electron chi connectivity index (χ4n) is 3.37. The predicted molar refractivity (Wildman–Crippen MR) is 102 cm³/mol. The molecule has 1 N–H and O–H groups in total. The Hall–Kier alpha value is -3.09. The molecule has 0 unspecified atom stereocenters. The van der Waals surface area contributed by atoms with Gasteiger partial charge in [0.15, 0.2) is 11.6 Å². The lowest BCUT2D eigenvalue weighted by Gasteiger charge is -2.38. The van der Waals surface area contributed by atoms with Gasteiger partial charge < -0.3 is 19.5 Å². The second-order valence-electron chi connectivity index (χ2n) is 7.14. The molecule has 4 rings (SSSR count). The van der Waals surface area contributed by atoms with Gasteiger partial charge in [-0.25, -0.2) is 13.6 Å². The first-order valence-electron chi connectivity index (χ1n) is 9.14. The molecule has 7 heteroatoms. The number of fused-ring (bicyclic) bond motifs is 1.